The van der Waals surface area contributed by atoms with E-state index in [-0.39, 0.29) is 31.5 Å². The second-order valence-corrected chi connectivity index (χ2v) is 25.7. The van der Waals surface area contributed by atoms with E-state index in [9.17, 15) is 19.0 Å². The fourth-order valence-corrected chi connectivity index (χ4v) is 10.3. The molecule has 0 aromatic heterocycles. The fraction of sp³-hybridized carbons (Fsp3) is 0.684. The van der Waals surface area contributed by atoms with Crippen LogP contribution >= 0.6 is 7.82 Å². The van der Waals surface area contributed by atoms with E-state index >= 15 is 0 Å². The lowest BCUT2D eigenvalue weighted by Gasteiger charge is -2.27. The number of quaternary nitrogens is 1. The Morgan fingerprint density at radius 3 is 1.12 bits per heavy atom. The maximum atomic E-state index is 13.6. The molecular weight excluding hydrogens is 1080 g/mol. The van der Waals surface area contributed by atoms with Crippen molar-refractivity contribution < 1.29 is 37.3 Å². The highest BCUT2D eigenvalue weighted by Gasteiger charge is 2.30. The van der Waals surface area contributed by atoms with Crippen LogP contribution in [-0.4, -0.2) is 74.3 Å². The van der Waals surface area contributed by atoms with Crippen molar-refractivity contribution in [2.75, 3.05) is 40.9 Å². The predicted octanol–water partition coefficient (Wildman–Crippen LogP) is 22.4. The van der Waals surface area contributed by atoms with E-state index in [2.05, 4.69) is 148 Å². The third-order valence-corrected chi connectivity index (χ3v) is 15.8. The van der Waals surface area contributed by atoms with Gasteiger partial charge in [0, 0.05) is 12.8 Å². The van der Waals surface area contributed by atoms with E-state index in [1.165, 1.54) is 96.3 Å². The Bertz CT molecular complexity index is 1930. The van der Waals surface area contributed by atoms with Gasteiger partial charge in [-0.3, -0.25) is 18.6 Å². The number of nitrogens with zero attached hydrogens (tertiary/aromatic N) is 1. The van der Waals surface area contributed by atoms with E-state index in [1.54, 1.807) is 0 Å². The van der Waals surface area contributed by atoms with Crippen molar-refractivity contribution in [3.63, 3.8) is 0 Å². The monoisotopic (exact) mass is 1220 g/mol. The summed E-state index contributed by atoms with van der Waals surface area (Å²) in [7, 11) is 1.47. The van der Waals surface area contributed by atoms with Gasteiger partial charge in [0.15, 0.2) is 0 Å². The zero-order valence-corrected chi connectivity index (χ0v) is 57.2. The standard InChI is InChI=1S/C76H131N2O7P/c1-7-10-13-16-19-22-25-28-30-32-34-36-37-38-39-40-41-43-45-47-49-51-54-57-60-63-66-69-76(80)85-74(67-64-61-58-55-52-27-24-21-18-15-12-9-3)73(72-84-86(81,82)83-71-70-78(4,5)6)77-75(79)68-65-62-59-56-53-50-48-46-44-42-35-33-31-29-26-23-20-17-14-11-8-2/h10-11,13-14,19-20,22-23,28-31,34-36,38-39,42,46,48,64,67,73-74H,7-9,12,15-18,21,24-27,32-33,37,40-41,43-45,47,49-63,65-66,68-72H2,1-6H3,(H-,77,79,81,82)/p+1/b13-10-,14-11-,22-19-,23-20-,30-28-,31-29-,36-34-,39-38-,42-35-,48-46-,67-64-. The lowest BCUT2D eigenvalue weighted by atomic mass is 10.0. The molecule has 3 unspecified atom stereocenters. The molecule has 0 aliphatic carbocycles. The van der Waals surface area contributed by atoms with Gasteiger partial charge < -0.3 is 19.4 Å². The van der Waals surface area contributed by atoms with Crippen LogP contribution in [0.3, 0.4) is 0 Å². The largest absolute Gasteiger partial charge is 0.472 e. The first-order valence-corrected chi connectivity index (χ1v) is 36.5. The maximum Gasteiger partial charge on any atom is 0.472 e. The lowest BCUT2D eigenvalue weighted by Crippen LogP contribution is -2.47. The molecule has 0 saturated carbocycles. The average Bonchev–Trinajstić information content (AvgIpc) is 3.65. The second kappa shape index (κ2) is 64.1. The lowest BCUT2D eigenvalue weighted by molar-refractivity contribution is -0.870. The van der Waals surface area contributed by atoms with E-state index in [1.807, 2.05) is 33.3 Å². The van der Waals surface area contributed by atoms with E-state index in [0.29, 0.717) is 17.4 Å². The highest BCUT2D eigenvalue weighted by atomic mass is 31.2. The minimum Gasteiger partial charge on any atom is -0.456 e. The number of hydrogen-bond donors (Lipinski definition) is 2. The number of phosphoric ester groups is 1. The molecule has 0 saturated heterocycles. The molecule has 1 amide bonds. The van der Waals surface area contributed by atoms with Gasteiger partial charge in [0.05, 0.1) is 33.8 Å². The molecule has 0 aliphatic heterocycles. The molecule has 0 aromatic rings. The number of phosphoric acid groups is 1. The van der Waals surface area contributed by atoms with Crippen molar-refractivity contribution in [2.24, 2.45) is 0 Å². The molecule has 2 N–H and O–H groups in total. The summed E-state index contributed by atoms with van der Waals surface area (Å²) in [4.78, 5) is 37.9. The molecular formula is C76H132N2O7P+. The molecule has 0 spiro atoms. The number of ether oxygens (including phenoxy) is 1. The van der Waals surface area contributed by atoms with Crippen molar-refractivity contribution in [3.8, 4) is 0 Å². The van der Waals surface area contributed by atoms with Gasteiger partial charge in [-0.05, 0) is 122 Å². The third kappa shape index (κ3) is 64.6. The highest BCUT2D eigenvalue weighted by Crippen LogP contribution is 2.43. The number of allylic oxidation sites excluding steroid dienone is 21. The van der Waals surface area contributed by atoms with Gasteiger partial charge in [0.2, 0.25) is 5.91 Å². The van der Waals surface area contributed by atoms with Crippen LogP contribution in [0.15, 0.2) is 134 Å². The van der Waals surface area contributed by atoms with Crippen molar-refractivity contribution in [1.29, 1.82) is 0 Å². The minimum atomic E-state index is -4.47. The normalized spacial score (nSPS) is 14.4. The van der Waals surface area contributed by atoms with Crippen LogP contribution in [0.2, 0.25) is 0 Å². The number of carbonyl (C=O) groups is 2. The molecule has 0 heterocycles. The SMILES string of the molecule is CC/C=C\C/C=C\C/C=C\C/C=C\C/C=C\CCCCCCCCCCCCCC(=O)OC(/C=C\CCCCCCCCCCCC)C(COP(=O)(O)OCC[N+](C)(C)C)NC(=O)CCCCCCC/C=C\C/C=C\C/C=C\C/C=C\C/C=C\CC. The van der Waals surface area contributed by atoms with Gasteiger partial charge in [-0.2, -0.15) is 0 Å². The summed E-state index contributed by atoms with van der Waals surface area (Å²) in [5, 5.41) is 3.05. The molecule has 0 aliphatic rings. The van der Waals surface area contributed by atoms with E-state index in [4.69, 9.17) is 13.8 Å². The smallest absolute Gasteiger partial charge is 0.456 e. The number of unbranched alkanes of at least 4 members (excludes halogenated alkanes) is 26. The molecule has 10 heteroatoms. The topological polar surface area (TPSA) is 111 Å². The van der Waals surface area contributed by atoms with Crippen molar-refractivity contribution >= 4 is 19.7 Å². The van der Waals surface area contributed by atoms with E-state index < -0.39 is 20.0 Å². The Morgan fingerprint density at radius 2 is 0.744 bits per heavy atom. The minimum absolute atomic E-state index is 0.0290. The maximum absolute atomic E-state index is 13.6. The Hall–Kier alpha value is -3.85. The third-order valence-electron chi connectivity index (χ3n) is 14.8. The average molecular weight is 1220 g/mol. The number of esters is 1. The van der Waals surface area contributed by atoms with Crippen molar-refractivity contribution in [1.82, 2.24) is 5.32 Å². The van der Waals surface area contributed by atoms with Crippen LogP contribution in [0.5, 0.6) is 0 Å². The summed E-state index contributed by atoms with van der Waals surface area (Å²) >= 11 is 0. The number of nitrogens with one attached hydrogen (secondary N) is 1. The number of carbonyl (C=O) groups excluding carboxylic acids is 2. The van der Waals surface area contributed by atoms with Gasteiger partial charge in [0.1, 0.15) is 19.3 Å². The van der Waals surface area contributed by atoms with Gasteiger partial charge in [-0.15, -0.1) is 0 Å². The number of hydrogen-bond acceptors (Lipinski definition) is 6. The molecule has 9 nitrogen and oxygen atoms in total. The summed E-state index contributed by atoms with van der Waals surface area (Å²) < 4.78 is 30.8. The number of likely N-dealkylation sites (N-methyl/N-ethyl adjacent to an activating group) is 1. The molecule has 0 fully saturated rings. The molecule has 0 aromatic carbocycles. The summed E-state index contributed by atoms with van der Waals surface area (Å²) in [6.07, 6.45) is 91.7. The highest BCUT2D eigenvalue weighted by molar-refractivity contribution is 7.47. The van der Waals surface area contributed by atoms with Gasteiger partial charge in [-0.1, -0.05) is 283 Å². The van der Waals surface area contributed by atoms with Crippen molar-refractivity contribution in [3.05, 3.63) is 134 Å². The summed E-state index contributed by atoms with van der Waals surface area (Å²) in [6, 6.07) is -0.870. The van der Waals surface area contributed by atoms with Gasteiger partial charge in [0.25, 0.3) is 0 Å². The van der Waals surface area contributed by atoms with Crippen LogP contribution in [0.25, 0.3) is 0 Å². The zero-order valence-electron chi connectivity index (χ0n) is 56.3. The molecule has 0 bridgehead atoms. The molecule has 0 rings (SSSR count). The fourth-order valence-electron chi connectivity index (χ4n) is 9.52. The van der Waals surface area contributed by atoms with Crippen LogP contribution in [0.4, 0.5) is 0 Å². The predicted molar refractivity (Wildman–Crippen MR) is 373 cm³/mol. The molecule has 492 valence electrons. The second-order valence-electron chi connectivity index (χ2n) is 24.3. The summed E-state index contributed by atoms with van der Waals surface area (Å²) in [5.41, 5.74) is 0. The quantitative estimate of drug-likeness (QED) is 0.0205. The Morgan fingerprint density at radius 1 is 0.419 bits per heavy atom. The van der Waals surface area contributed by atoms with E-state index in [0.717, 1.165) is 154 Å². The number of amides is 1. The van der Waals surface area contributed by atoms with Crippen LogP contribution in [0, 0.1) is 0 Å². The Labute approximate surface area is 530 Å². The van der Waals surface area contributed by atoms with Crippen LogP contribution in [-0.2, 0) is 27.9 Å². The van der Waals surface area contributed by atoms with Crippen molar-refractivity contribution in [2.45, 2.75) is 296 Å². The first kappa shape index (κ1) is 82.1. The molecule has 86 heavy (non-hydrogen) atoms. The Balaban J connectivity index is 5.12. The summed E-state index contributed by atoms with van der Waals surface area (Å²) in [5.74, 6) is -0.535. The molecule has 3 atom stereocenters. The van der Waals surface area contributed by atoms with Gasteiger partial charge in [-0.25, -0.2) is 4.57 Å². The first-order valence-electron chi connectivity index (χ1n) is 35.0. The van der Waals surface area contributed by atoms with Crippen LogP contribution < -0.4 is 5.32 Å². The van der Waals surface area contributed by atoms with Crippen LogP contribution in [0.1, 0.15) is 284 Å². The van der Waals surface area contributed by atoms with Gasteiger partial charge >= 0.3 is 13.8 Å². The zero-order chi connectivity index (χ0) is 62.8. The first-order chi connectivity index (χ1) is 41.9. The summed E-state index contributed by atoms with van der Waals surface area (Å²) in [6.45, 7) is 6.77. The molecule has 0 radical (unpaired) electrons. The Kier molecular flexibility index (Phi) is 61.3. The number of rotatable bonds is 62.